The van der Waals surface area contributed by atoms with Crippen molar-refractivity contribution in [1.82, 2.24) is 0 Å². The maximum absolute atomic E-state index is 14.3. The predicted molar refractivity (Wildman–Crippen MR) is 101 cm³/mol. The molecule has 0 amide bonds. The summed E-state index contributed by atoms with van der Waals surface area (Å²) in [6.45, 7) is 6.24. The van der Waals surface area contributed by atoms with Crippen molar-refractivity contribution in [1.29, 1.82) is 0 Å². The third kappa shape index (κ3) is 4.63. The van der Waals surface area contributed by atoms with Crippen LogP contribution in [0.15, 0.2) is 48.5 Å². The van der Waals surface area contributed by atoms with E-state index in [1.165, 1.54) is 6.07 Å². The number of carbonyl (C=O) groups excluding carboxylic acids is 1. The third-order valence-corrected chi connectivity index (χ3v) is 4.60. The van der Waals surface area contributed by atoms with E-state index in [1.54, 1.807) is 6.07 Å². The number of halogens is 1. The van der Waals surface area contributed by atoms with Gasteiger partial charge in [-0.15, -0.1) is 0 Å². The fraction of sp³-hybridized carbons (Fsp3) is 0.409. The molecule has 1 fully saturated rings. The molecule has 3 rings (SSSR count). The van der Waals surface area contributed by atoms with Crippen LogP contribution in [0.2, 0.25) is 0 Å². The largest absolute Gasteiger partial charge is 0.460 e. The van der Waals surface area contributed by atoms with Crippen molar-refractivity contribution >= 4 is 11.7 Å². The minimum Gasteiger partial charge on any atom is -0.460 e. The van der Waals surface area contributed by atoms with Crippen LogP contribution in [-0.2, 0) is 22.5 Å². The normalized spacial score (nSPS) is 15.4. The Hall–Kier alpha value is -2.36. The van der Waals surface area contributed by atoms with Crippen molar-refractivity contribution < 1.29 is 13.9 Å². The number of esters is 1. The summed E-state index contributed by atoms with van der Waals surface area (Å²) in [7, 11) is 0. The Bertz CT molecular complexity index is 776. The van der Waals surface area contributed by atoms with Crippen molar-refractivity contribution in [2.75, 3.05) is 5.32 Å². The summed E-state index contributed by atoms with van der Waals surface area (Å²) in [4.78, 5) is 12.5. The van der Waals surface area contributed by atoms with Gasteiger partial charge in [0, 0.05) is 12.2 Å². The first-order valence-electron chi connectivity index (χ1n) is 9.07. The molecule has 4 heteroatoms. The van der Waals surface area contributed by atoms with Gasteiger partial charge in [-0.3, -0.25) is 4.79 Å². The number of benzene rings is 2. The standard InChI is InChI=1S/C22H26FNO2/c1-21(2,3)26-20(25)22(11-12-22)14-17-13-18(9-10-19(17)23)24-15-16-7-5-4-6-8-16/h4-10,13,24H,11-12,14-15H2,1-3H3. The van der Waals surface area contributed by atoms with Crippen LogP contribution in [0.5, 0.6) is 0 Å². The van der Waals surface area contributed by atoms with Gasteiger partial charge in [0.2, 0.25) is 0 Å². The molecule has 0 heterocycles. The molecule has 0 unspecified atom stereocenters. The predicted octanol–water partition coefficient (Wildman–Crippen LogP) is 5.10. The van der Waals surface area contributed by atoms with Crippen molar-refractivity contribution in [2.24, 2.45) is 5.41 Å². The number of hydrogen-bond donors (Lipinski definition) is 1. The molecule has 26 heavy (non-hydrogen) atoms. The molecule has 2 aromatic rings. The second-order valence-corrected chi connectivity index (χ2v) is 8.10. The Morgan fingerprint density at radius 3 is 2.46 bits per heavy atom. The van der Waals surface area contributed by atoms with Gasteiger partial charge >= 0.3 is 5.97 Å². The molecule has 0 saturated heterocycles. The quantitative estimate of drug-likeness (QED) is 0.733. The van der Waals surface area contributed by atoms with Crippen LogP contribution >= 0.6 is 0 Å². The van der Waals surface area contributed by atoms with Gasteiger partial charge in [-0.05, 0) is 69.4 Å². The lowest BCUT2D eigenvalue weighted by atomic mass is 9.95. The van der Waals surface area contributed by atoms with E-state index in [0.717, 1.165) is 24.1 Å². The van der Waals surface area contributed by atoms with Crippen LogP contribution in [0.3, 0.4) is 0 Å². The van der Waals surface area contributed by atoms with Gasteiger partial charge in [-0.25, -0.2) is 4.39 Å². The fourth-order valence-corrected chi connectivity index (χ4v) is 2.98. The molecular weight excluding hydrogens is 329 g/mol. The highest BCUT2D eigenvalue weighted by Gasteiger charge is 2.52. The first kappa shape index (κ1) is 18.4. The van der Waals surface area contributed by atoms with E-state index in [4.69, 9.17) is 4.74 Å². The van der Waals surface area contributed by atoms with Gasteiger partial charge in [0.25, 0.3) is 0 Å². The topological polar surface area (TPSA) is 38.3 Å². The number of carbonyl (C=O) groups is 1. The van der Waals surface area contributed by atoms with E-state index in [-0.39, 0.29) is 11.8 Å². The smallest absolute Gasteiger partial charge is 0.312 e. The van der Waals surface area contributed by atoms with E-state index >= 15 is 0 Å². The zero-order valence-corrected chi connectivity index (χ0v) is 15.6. The molecule has 2 aromatic carbocycles. The lowest BCUT2D eigenvalue weighted by Gasteiger charge is -2.24. The average Bonchev–Trinajstić information content (AvgIpc) is 3.36. The molecule has 0 aromatic heterocycles. The van der Waals surface area contributed by atoms with E-state index in [9.17, 15) is 9.18 Å². The highest BCUT2D eigenvalue weighted by atomic mass is 19.1. The van der Waals surface area contributed by atoms with E-state index in [2.05, 4.69) is 5.32 Å². The van der Waals surface area contributed by atoms with Crippen LogP contribution in [0.1, 0.15) is 44.7 Å². The van der Waals surface area contributed by atoms with Gasteiger partial charge < -0.3 is 10.1 Å². The summed E-state index contributed by atoms with van der Waals surface area (Å²) in [5, 5.41) is 3.32. The van der Waals surface area contributed by atoms with E-state index in [1.807, 2.05) is 57.2 Å². The third-order valence-electron chi connectivity index (χ3n) is 4.60. The number of hydrogen-bond acceptors (Lipinski definition) is 3. The second kappa shape index (κ2) is 7.10. The fourth-order valence-electron chi connectivity index (χ4n) is 2.98. The van der Waals surface area contributed by atoms with E-state index < -0.39 is 11.0 Å². The minimum absolute atomic E-state index is 0.216. The zero-order valence-electron chi connectivity index (χ0n) is 15.6. The first-order valence-corrected chi connectivity index (χ1v) is 9.07. The summed E-state index contributed by atoms with van der Waals surface area (Å²) < 4.78 is 19.8. The van der Waals surface area contributed by atoms with Crippen molar-refractivity contribution in [3.8, 4) is 0 Å². The molecule has 1 aliphatic rings. The maximum Gasteiger partial charge on any atom is 0.312 e. The van der Waals surface area contributed by atoms with Crippen LogP contribution in [-0.4, -0.2) is 11.6 Å². The van der Waals surface area contributed by atoms with Gasteiger partial charge in [0.05, 0.1) is 5.41 Å². The number of ether oxygens (including phenoxy) is 1. The number of nitrogens with one attached hydrogen (secondary N) is 1. The SMILES string of the molecule is CC(C)(C)OC(=O)C1(Cc2cc(NCc3ccccc3)ccc2F)CC1. The van der Waals surface area contributed by atoms with E-state index in [0.29, 0.717) is 18.5 Å². The number of anilines is 1. The Kier molecular flexibility index (Phi) is 5.03. The monoisotopic (exact) mass is 355 g/mol. The molecule has 0 spiro atoms. The van der Waals surface area contributed by atoms with Gasteiger partial charge in [-0.2, -0.15) is 0 Å². The molecule has 0 aliphatic heterocycles. The second-order valence-electron chi connectivity index (χ2n) is 8.10. The summed E-state index contributed by atoms with van der Waals surface area (Å²) in [5.41, 5.74) is 1.48. The minimum atomic E-state index is -0.563. The van der Waals surface area contributed by atoms with Gasteiger partial charge in [0.15, 0.2) is 0 Å². The summed E-state index contributed by atoms with van der Waals surface area (Å²) >= 11 is 0. The maximum atomic E-state index is 14.3. The zero-order chi connectivity index (χ0) is 18.8. The molecule has 0 bridgehead atoms. The molecule has 1 aliphatic carbocycles. The molecular formula is C22H26FNO2. The highest BCUT2D eigenvalue weighted by molar-refractivity contribution is 5.80. The lowest BCUT2D eigenvalue weighted by Crippen LogP contribution is -2.31. The Balaban J connectivity index is 1.69. The van der Waals surface area contributed by atoms with Gasteiger partial charge in [0.1, 0.15) is 11.4 Å². The molecule has 1 N–H and O–H groups in total. The lowest BCUT2D eigenvalue weighted by molar-refractivity contribution is -0.161. The van der Waals surface area contributed by atoms with Crippen LogP contribution in [0.4, 0.5) is 10.1 Å². The molecule has 138 valence electrons. The summed E-state index contributed by atoms with van der Waals surface area (Å²) in [6.07, 6.45) is 1.89. The molecule has 1 saturated carbocycles. The Morgan fingerprint density at radius 2 is 1.85 bits per heavy atom. The molecule has 0 atom stereocenters. The number of rotatable bonds is 6. The summed E-state index contributed by atoms with van der Waals surface area (Å²) in [5.74, 6) is -0.489. The molecule has 3 nitrogen and oxygen atoms in total. The van der Waals surface area contributed by atoms with Crippen molar-refractivity contribution in [2.45, 2.75) is 52.2 Å². The van der Waals surface area contributed by atoms with Crippen molar-refractivity contribution in [3.63, 3.8) is 0 Å². The van der Waals surface area contributed by atoms with Crippen molar-refractivity contribution in [3.05, 3.63) is 65.5 Å². The highest BCUT2D eigenvalue weighted by Crippen LogP contribution is 2.50. The van der Waals surface area contributed by atoms with Crippen LogP contribution < -0.4 is 5.32 Å². The first-order chi connectivity index (χ1) is 12.3. The Morgan fingerprint density at radius 1 is 1.15 bits per heavy atom. The summed E-state index contributed by atoms with van der Waals surface area (Å²) in [6, 6.07) is 15.0. The van der Waals surface area contributed by atoms with Gasteiger partial charge in [-0.1, -0.05) is 30.3 Å². The van der Waals surface area contributed by atoms with Crippen LogP contribution in [0.25, 0.3) is 0 Å². The Labute approximate surface area is 154 Å². The average molecular weight is 355 g/mol. The molecule has 0 radical (unpaired) electrons. The van der Waals surface area contributed by atoms with Crippen LogP contribution in [0, 0.1) is 11.2 Å².